The number of halogens is 4. The molecule has 1 aliphatic carbocycles. The monoisotopic (exact) mass is 685 g/mol. The highest BCUT2D eigenvalue weighted by atomic mass is 79.9. The number of nitrogens with one attached hydrogen (secondary N) is 1. The van der Waals surface area contributed by atoms with Crippen LogP contribution in [0.2, 0.25) is 0 Å². The van der Waals surface area contributed by atoms with Gasteiger partial charge in [-0.1, -0.05) is 0 Å². The zero-order chi connectivity index (χ0) is 30.3. The molecule has 0 bridgehead atoms. The predicted octanol–water partition coefficient (Wildman–Crippen LogP) is 8.95. The molecule has 230 valence electrons. The first-order valence-corrected chi connectivity index (χ1v) is 16.7. The van der Waals surface area contributed by atoms with E-state index < -0.39 is 11.7 Å². The summed E-state index contributed by atoms with van der Waals surface area (Å²) in [4.78, 5) is 2.43. The van der Waals surface area contributed by atoms with Gasteiger partial charge < -0.3 is 19.0 Å². The lowest BCUT2D eigenvalue weighted by molar-refractivity contribution is -0.137. The molecular weight excluding hydrogens is 655 g/mol. The molecule has 5 aromatic rings. The Labute approximate surface area is 265 Å². The molecule has 1 N–H and O–H groups in total. The Balaban J connectivity index is 1.07. The number of anilines is 2. The van der Waals surface area contributed by atoms with Gasteiger partial charge in [0.1, 0.15) is 17.3 Å². The van der Waals surface area contributed by atoms with Crippen LogP contribution in [0.3, 0.4) is 0 Å². The van der Waals surface area contributed by atoms with Crippen molar-refractivity contribution in [2.24, 2.45) is 0 Å². The molecule has 7 rings (SSSR count). The number of hydrogen-bond donors (Lipinski definition) is 1. The molecule has 0 unspecified atom stereocenters. The number of likely N-dealkylation sites (tertiary alicyclic amines) is 1. The quantitative estimate of drug-likeness (QED) is 0.139. The van der Waals surface area contributed by atoms with E-state index in [0.29, 0.717) is 24.2 Å². The predicted molar refractivity (Wildman–Crippen MR) is 171 cm³/mol. The molecule has 0 atom stereocenters. The number of aromatic nitrogens is 3. The minimum atomic E-state index is -4.40. The molecule has 2 fully saturated rings. The topological polar surface area (TPSA) is 68.4 Å². The van der Waals surface area contributed by atoms with Crippen molar-refractivity contribution in [3.05, 3.63) is 76.3 Å². The number of fused-ring (bicyclic) bond motifs is 3. The largest absolute Gasteiger partial charge is 0.492 e. The van der Waals surface area contributed by atoms with Crippen LogP contribution < -0.4 is 10.1 Å². The Kier molecular flexibility index (Phi) is 8.23. The van der Waals surface area contributed by atoms with E-state index in [4.69, 9.17) is 9.15 Å². The third-order valence-corrected chi connectivity index (χ3v) is 9.64. The second-order valence-electron chi connectivity index (χ2n) is 11.3. The van der Waals surface area contributed by atoms with Crippen LogP contribution in [-0.4, -0.2) is 45.1 Å². The van der Waals surface area contributed by atoms with Crippen LogP contribution in [-0.2, 0) is 18.5 Å². The number of alkyl halides is 3. The fraction of sp³-hybridized carbons (Fsp3) is 0.375. The summed E-state index contributed by atoms with van der Waals surface area (Å²) in [7, 11) is 0. The number of nitrogens with zero attached hydrogens (tertiary/aromatic N) is 4. The highest BCUT2D eigenvalue weighted by molar-refractivity contribution is 9.10. The maximum absolute atomic E-state index is 13.1. The normalized spacial score (nSPS) is 15.9. The fourth-order valence-corrected chi connectivity index (χ4v) is 6.98. The third-order valence-electron chi connectivity index (χ3n) is 8.08. The average molecular weight is 687 g/mol. The third kappa shape index (κ3) is 6.29. The Morgan fingerprint density at radius 3 is 2.55 bits per heavy atom. The Morgan fingerprint density at radius 1 is 1.02 bits per heavy atom. The first-order valence-electron chi connectivity index (χ1n) is 14.8. The standard InChI is InChI=1S/C32H31BrF3N5O2S/c33-26-16-27-25(15-29(26)42-13-14-44-19-24-10-9-23(43-24)18-40-11-1-2-12-40)30-28(41(27)22-7-8-22)17-37-39-31(30)38-21-5-3-20(4-6-21)32(34,35)36/h3-6,9-10,15-17,22H,1-2,7-8,11-14,18-19H2,(H,38,39). The summed E-state index contributed by atoms with van der Waals surface area (Å²) in [5.74, 6) is 4.79. The molecule has 1 saturated heterocycles. The minimum absolute atomic E-state index is 0.366. The lowest BCUT2D eigenvalue weighted by atomic mass is 10.1. The number of benzene rings is 2. The van der Waals surface area contributed by atoms with Crippen LogP contribution in [0.4, 0.5) is 24.7 Å². The van der Waals surface area contributed by atoms with Crippen molar-refractivity contribution in [1.82, 2.24) is 19.7 Å². The van der Waals surface area contributed by atoms with Gasteiger partial charge in [0, 0.05) is 22.9 Å². The summed E-state index contributed by atoms with van der Waals surface area (Å²) in [5, 5.41) is 13.6. The van der Waals surface area contributed by atoms with E-state index in [0.717, 1.165) is 99.7 Å². The number of hydrogen-bond acceptors (Lipinski definition) is 7. The summed E-state index contributed by atoms with van der Waals surface area (Å²) in [6.45, 7) is 3.70. The fourth-order valence-electron chi connectivity index (χ4n) is 5.83. The average Bonchev–Trinajstić information content (AvgIpc) is 3.36. The van der Waals surface area contributed by atoms with E-state index in [1.807, 2.05) is 6.07 Å². The molecule has 3 aromatic heterocycles. The van der Waals surface area contributed by atoms with Crippen LogP contribution in [0.15, 0.2) is 63.6 Å². The summed E-state index contributed by atoms with van der Waals surface area (Å²) >= 11 is 5.48. The first kappa shape index (κ1) is 29.5. The zero-order valence-corrected chi connectivity index (χ0v) is 26.3. The van der Waals surface area contributed by atoms with Gasteiger partial charge in [-0.3, -0.25) is 4.90 Å². The second kappa shape index (κ2) is 12.3. The van der Waals surface area contributed by atoms with Crippen molar-refractivity contribution >= 4 is 61.0 Å². The molecule has 0 amide bonds. The molecule has 1 saturated carbocycles. The van der Waals surface area contributed by atoms with E-state index in [2.05, 4.69) is 59.1 Å². The summed E-state index contributed by atoms with van der Waals surface area (Å²) < 4.78 is 54.7. The van der Waals surface area contributed by atoms with E-state index in [1.54, 1.807) is 18.0 Å². The van der Waals surface area contributed by atoms with Crippen LogP contribution >= 0.6 is 27.7 Å². The van der Waals surface area contributed by atoms with Gasteiger partial charge >= 0.3 is 6.18 Å². The van der Waals surface area contributed by atoms with Gasteiger partial charge in [0.15, 0.2) is 5.82 Å². The van der Waals surface area contributed by atoms with Crippen molar-refractivity contribution in [2.45, 2.75) is 50.2 Å². The molecule has 1 aliphatic heterocycles. The van der Waals surface area contributed by atoms with Gasteiger partial charge in [-0.25, -0.2) is 0 Å². The smallest absolute Gasteiger partial charge is 0.416 e. The van der Waals surface area contributed by atoms with Gasteiger partial charge in [-0.15, -0.1) is 5.10 Å². The number of thioether (sulfide) groups is 1. The van der Waals surface area contributed by atoms with E-state index in [-0.39, 0.29) is 0 Å². The SMILES string of the molecule is FC(F)(F)c1ccc(Nc2nncc3c2c2cc(OCCSCc4ccc(CN5CCCC5)o4)c(Br)cc2n3C2CC2)cc1. The first-order chi connectivity index (χ1) is 21.3. The molecule has 4 heterocycles. The molecular formula is C32H31BrF3N5O2S. The molecule has 2 aromatic carbocycles. The van der Waals surface area contributed by atoms with Crippen molar-refractivity contribution in [3.8, 4) is 5.75 Å². The van der Waals surface area contributed by atoms with Crippen LogP contribution in [0.5, 0.6) is 5.75 Å². The van der Waals surface area contributed by atoms with Crippen LogP contribution in [0.1, 0.15) is 48.8 Å². The highest BCUT2D eigenvalue weighted by Crippen LogP contribution is 2.46. The summed E-state index contributed by atoms with van der Waals surface area (Å²) in [6, 6.07) is 13.5. The Bertz CT molecular complexity index is 1780. The molecule has 0 radical (unpaired) electrons. The maximum Gasteiger partial charge on any atom is 0.416 e. The van der Waals surface area contributed by atoms with Crippen molar-refractivity contribution in [2.75, 3.05) is 30.8 Å². The van der Waals surface area contributed by atoms with Gasteiger partial charge in [0.2, 0.25) is 0 Å². The minimum Gasteiger partial charge on any atom is -0.492 e. The van der Waals surface area contributed by atoms with Crippen LogP contribution in [0.25, 0.3) is 21.8 Å². The van der Waals surface area contributed by atoms with Gasteiger partial charge in [-0.2, -0.15) is 30.0 Å². The van der Waals surface area contributed by atoms with Crippen LogP contribution in [0, 0.1) is 0 Å². The number of ether oxygens (including phenoxy) is 1. The van der Waals surface area contributed by atoms with Crippen molar-refractivity contribution < 1.29 is 22.3 Å². The molecule has 44 heavy (non-hydrogen) atoms. The lowest BCUT2D eigenvalue weighted by Gasteiger charge is -2.11. The van der Waals surface area contributed by atoms with E-state index in [9.17, 15) is 13.2 Å². The Hall–Kier alpha value is -3.22. The lowest BCUT2D eigenvalue weighted by Crippen LogP contribution is -2.17. The zero-order valence-electron chi connectivity index (χ0n) is 23.9. The molecule has 7 nitrogen and oxygen atoms in total. The number of furan rings is 1. The number of rotatable bonds is 11. The van der Waals surface area contributed by atoms with Gasteiger partial charge in [0.05, 0.1) is 51.6 Å². The second-order valence-corrected chi connectivity index (χ2v) is 13.3. The Morgan fingerprint density at radius 2 is 1.80 bits per heavy atom. The molecule has 2 aliphatic rings. The van der Waals surface area contributed by atoms with Crippen molar-refractivity contribution in [3.63, 3.8) is 0 Å². The van der Waals surface area contributed by atoms with Crippen molar-refractivity contribution in [1.29, 1.82) is 0 Å². The van der Waals surface area contributed by atoms with Gasteiger partial charge in [-0.05, 0) is 103 Å². The summed E-state index contributed by atoms with van der Waals surface area (Å²) in [6.07, 6.45) is 2.04. The molecule has 12 heteroatoms. The maximum atomic E-state index is 13.1. The summed E-state index contributed by atoms with van der Waals surface area (Å²) in [5.41, 5.74) is 1.75. The van der Waals surface area contributed by atoms with E-state index in [1.165, 1.54) is 25.0 Å². The highest BCUT2D eigenvalue weighted by Gasteiger charge is 2.31. The van der Waals surface area contributed by atoms with Gasteiger partial charge in [0.25, 0.3) is 0 Å². The van der Waals surface area contributed by atoms with E-state index >= 15 is 0 Å². The molecule has 0 spiro atoms.